The molecule has 28 heavy (non-hydrogen) atoms. The molecule has 1 spiro atoms. The number of hydrogen-bond acceptors (Lipinski definition) is 5. The van der Waals surface area contributed by atoms with Gasteiger partial charge in [0.15, 0.2) is 6.10 Å². The molecule has 2 amide bonds. The molecule has 0 bridgehead atoms. The number of imidazole rings is 1. The van der Waals surface area contributed by atoms with Crippen LogP contribution in [0.1, 0.15) is 18.7 Å². The summed E-state index contributed by atoms with van der Waals surface area (Å²) in [4.78, 5) is 31.2. The third-order valence-corrected chi connectivity index (χ3v) is 5.38. The van der Waals surface area contributed by atoms with E-state index in [4.69, 9.17) is 9.47 Å². The first-order valence-corrected chi connectivity index (χ1v) is 9.43. The summed E-state index contributed by atoms with van der Waals surface area (Å²) in [5.74, 6) is 0.618. The second kappa shape index (κ2) is 7.73. The van der Waals surface area contributed by atoms with Crippen LogP contribution in [0, 0.1) is 0 Å². The van der Waals surface area contributed by atoms with Crippen molar-refractivity contribution in [2.75, 3.05) is 32.1 Å². The van der Waals surface area contributed by atoms with Crippen LogP contribution < -0.4 is 5.32 Å². The fourth-order valence-corrected chi connectivity index (χ4v) is 3.95. The molecule has 2 aromatic rings. The Balaban J connectivity index is 1.51. The topological polar surface area (TPSA) is 85.7 Å². The first kappa shape index (κ1) is 18.6. The van der Waals surface area contributed by atoms with E-state index in [1.54, 1.807) is 11.1 Å². The lowest BCUT2D eigenvalue weighted by Crippen LogP contribution is -2.54. The number of anilines is 1. The molecule has 1 aromatic heterocycles. The maximum absolute atomic E-state index is 12.8. The van der Waals surface area contributed by atoms with E-state index in [0.29, 0.717) is 32.5 Å². The van der Waals surface area contributed by atoms with E-state index >= 15 is 0 Å². The molecule has 2 aliphatic heterocycles. The third kappa shape index (κ3) is 3.53. The summed E-state index contributed by atoms with van der Waals surface area (Å²) in [6.45, 7) is 1.58. The van der Waals surface area contributed by atoms with Gasteiger partial charge in [-0.05, 0) is 12.1 Å². The van der Waals surface area contributed by atoms with Crippen LogP contribution in [0.4, 0.5) is 5.69 Å². The van der Waals surface area contributed by atoms with Crippen molar-refractivity contribution in [2.24, 2.45) is 0 Å². The molecule has 0 saturated carbocycles. The van der Waals surface area contributed by atoms with Gasteiger partial charge < -0.3 is 24.3 Å². The molecule has 148 valence electrons. The smallest absolute Gasteiger partial charge is 0.255 e. The maximum Gasteiger partial charge on any atom is 0.255 e. The molecule has 1 atom stereocenters. The van der Waals surface area contributed by atoms with Gasteiger partial charge in [0.25, 0.3) is 5.91 Å². The Hall–Kier alpha value is -2.71. The summed E-state index contributed by atoms with van der Waals surface area (Å²) in [7, 11) is 1.51. The summed E-state index contributed by atoms with van der Waals surface area (Å²) in [6, 6.07) is 9.34. The molecule has 4 rings (SSSR count). The van der Waals surface area contributed by atoms with Crippen LogP contribution in [-0.2, 0) is 31.2 Å². The van der Waals surface area contributed by atoms with Crippen LogP contribution in [0.2, 0.25) is 0 Å². The van der Waals surface area contributed by atoms with Gasteiger partial charge in [-0.3, -0.25) is 9.59 Å². The molecule has 1 saturated heterocycles. The van der Waals surface area contributed by atoms with Crippen molar-refractivity contribution in [2.45, 2.75) is 31.1 Å². The molecule has 0 radical (unpaired) electrons. The standard InChI is InChI=1S/C20H24N4O4/c1-27-14-17(25)23-10-7-20(8-11-23)19-21-9-12-24(19)13-16(28-20)18(26)22-15-5-3-2-4-6-15/h2-6,9,12,16H,7-8,10-11,13-14H2,1H3,(H,22,26)/t16-/m1/s1. The van der Waals surface area contributed by atoms with Crippen LogP contribution in [0.15, 0.2) is 42.7 Å². The van der Waals surface area contributed by atoms with E-state index in [1.165, 1.54) is 7.11 Å². The number of aromatic nitrogens is 2. The number of para-hydroxylation sites is 1. The van der Waals surface area contributed by atoms with E-state index in [-0.39, 0.29) is 18.4 Å². The molecule has 1 N–H and O–H groups in total. The highest BCUT2D eigenvalue weighted by Crippen LogP contribution is 2.40. The number of carbonyl (C=O) groups is 2. The van der Waals surface area contributed by atoms with Crippen molar-refractivity contribution >= 4 is 17.5 Å². The first-order valence-electron chi connectivity index (χ1n) is 9.43. The average molecular weight is 384 g/mol. The monoisotopic (exact) mass is 384 g/mol. The van der Waals surface area contributed by atoms with Crippen molar-refractivity contribution < 1.29 is 19.1 Å². The van der Waals surface area contributed by atoms with Gasteiger partial charge in [-0.2, -0.15) is 0 Å². The van der Waals surface area contributed by atoms with E-state index in [9.17, 15) is 9.59 Å². The molecular weight excluding hydrogens is 360 g/mol. The SMILES string of the molecule is COCC(=O)N1CCC2(CC1)O[C@@H](C(=O)Nc1ccccc1)Cn1ccnc12. The molecule has 1 fully saturated rings. The normalized spacial score (nSPS) is 20.6. The Labute approximate surface area is 163 Å². The molecule has 0 aliphatic carbocycles. The lowest BCUT2D eigenvalue weighted by Gasteiger charge is -2.45. The number of fused-ring (bicyclic) bond motifs is 2. The fraction of sp³-hybridized carbons (Fsp3) is 0.450. The molecule has 8 heteroatoms. The maximum atomic E-state index is 12.8. The van der Waals surface area contributed by atoms with Crippen molar-refractivity contribution in [1.82, 2.24) is 14.5 Å². The predicted octanol–water partition coefficient (Wildman–Crippen LogP) is 1.38. The predicted molar refractivity (Wildman–Crippen MR) is 102 cm³/mol. The minimum absolute atomic E-state index is 0.0325. The van der Waals surface area contributed by atoms with Crippen molar-refractivity contribution in [3.8, 4) is 0 Å². The lowest BCUT2D eigenvalue weighted by molar-refractivity contribution is -0.173. The number of nitrogens with zero attached hydrogens (tertiary/aromatic N) is 3. The third-order valence-electron chi connectivity index (χ3n) is 5.38. The zero-order valence-corrected chi connectivity index (χ0v) is 15.8. The Morgan fingerprint density at radius 3 is 2.75 bits per heavy atom. The largest absolute Gasteiger partial charge is 0.375 e. The summed E-state index contributed by atoms with van der Waals surface area (Å²) in [6.07, 6.45) is 4.18. The number of piperidine rings is 1. The number of nitrogens with one attached hydrogen (secondary N) is 1. The van der Waals surface area contributed by atoms with Gasteiger partial charge in [-0.15, -0.1) is 0 Å². The number of hydrogen-bond donors (Lipinski definition) is 1. The molecule has 1 aromatic carbocycles. The average Bonchev–Trinajstić information content (AvgIpc) is 3.19. The molecule has 2 aliphatic rings. The fourth-order valence-electron chi connectivity index (χ4n) is 3.95. The van der Waals surface area contributed by atoms with E-state index in [0.717, 1.165) is 11.5 Å². The zero-order valence-electron chi connectivity index (χ0n) is 15.8. The number of rotatable bonds is 4. The number of likely N-dealkylation sites (tertiary alicyclic amines) is 1. The molecule has 8 nitrogen and oxygen atoms in total. The van der Waals surface area contributed by atoms with E-state index in [1.807, 2.05) is 41.1 Å². The minimum atomic E-state index is -0.662. The highest BCUT2D eigenvalue weighted by molar-refractivity contribution is 5.94. The van der Waals surface area contributed by atoms with Gasteiger partial charge in [0.2, 0.25) is 5.91 Å². The number of amides is 2. The van der Waals surface area contributed by atoms with E-state index in [2.05, 4.69) is 10.3 Å². The lowest BCUT2D eigenvalue weighted by atomic mass is 9.88. The molecule has 3 heterocycles. The number of benzene rings is 1. The van der Waals surface area contributed by atoms with Crippen LogP contribution in [0.3, 0.4) is 0 Å². The number of carbonyl (C=O) groups excluding carboxylic acids is 2. The second-order valence-electron chi connectivity index (χ2n) is 7.17. The van der Waals surface area contributed by atoms with Gasteiger partial charge in [0, 0.05) is 51.1 Å². The van der Waals surface area contributed by atoms with Gasteiger partial charge in [0.1, 0.15) is 18.0 Å². The Morgan fingerprint density at radius 2 is 2.04 bits per heavy atom. The van der Waals surface area contributed by atoms with Crippen molar-refractivity contribution in [3.05, 3.63) is 48.5 Å². The first-order chi connectivity index (χ1) is 13.6. The second-order valence-corrected chi connectivity index (χ2v) is 7.17. The Bertz CT molecular complexity index is 843. The number of methoxy groups -OCH3 is 1. The summed E-state index contributed by atoms with van der Waals surface area (Å²) < 4.78 is 13.3. The summed E-state index contributed by atoms with van der Waals surface area (Å²) in [5, 5.41) is 2.92. The minimum Gasteiger partial charge on any atom is -0.375 e. The van der Waals surface area contributed by atoms with Crippen molar-refractivity contribution in [1.29, 1.82) is 0 Å². The summed E-state index contributed by atoms with van der Waals surface area (Å²) >= 11 is 0. The van der Waals surface area contributed by atoms with Gasteiger partial charge in [0.05, 0.1) is 6.54 Å². The van der Waals surface area contributed by atoms with Crippen molar-refractivity contribution in [3.63, 3.8) is 0 Å². The Kier molecular flexibility index (Phi) is 5.15. The van der Waals surface area contributed by atoms with Gasteiger partial charge in [-0.25, -0.2) is 4.98 Å². The zero-order chi connectivity index (χ0) is 19.6. The Morgan fingerprint density at radius 1 is 1.29 bits per heavy atom. The van der Waals surface area contributed by atoms with Gasteiger partial charge in [-0.1, -0.05) is 18.2 Å². The van der Waals surface area contributed by atoms with Crippen LogP contribution in [0.5, 0.6) is 0 Å². The van der Waals surface area contributed by atoms with Gasteiger partial charge >= 0.3 is 0 Å². The van der Waals surface area contributed by atoms with Crippen LogP contribution in [0.25, 0.3) is 0 Å². The summed E-state index contributed by atoms with van der Waals surface area (Å²) in [5.41, 5.74) is 0.0752. The quantitative estimate of drug-likeness (QED) is 0.861. The highest BCUT2D eigenvalue weighted by Gasteiger charge is 2.47. The highest BCUT2D eigenvalue weighted by atomic mass is 16.5. The van der Waals surface area contributed by atoms with E-state index < -0.39 is 11.7 Å². The number of ether oxygens (including phenoxy) is 2. The molecule has 0 unspecified atom stereocenters. The van der Waals surface area contributed by atoms with Crippen LogP contribution in [-0.4, -0.2) is 59.2 Å². The molecular formula is C20H24N4O4. The van der Waals surface area contributed by atoms with Crippen LogP contribution >= 0.6 is 0 Å².